The van der Waals surface area contributed by atoms with Gasteiger partial charge in [0.25, 0.3) is 5.91 Å². The minimum Gasteiger partial charge on any atom is -0.353 e. The van der Waals surface area contributed by atoms with Gasteiger partial charge in [-0.25, -0.2) is 9.97 Å². The van der Waals surface area contributed by atoms with E-state index < -0.39 is 0 Å². The number of aromatic nitrogens is 2. The fourth-order valence-electron chi connectivity index (χ4n) is 3.63. The zero-order valence-corrected chi connectivity index (χ0v) is 16.6. The number of para-hydroxylation sites is 1. The molecule has 7 nitrogen and oxygen atoms in total. The third kappa shape index (κ3) is 4.03. The minimum atomic E-state index is -0.214. The molecule has 0 spiro atoms. The van der Waals surface area contributed by atoms with Crippen molar-refractivity contribution in [1.82, 2.24) is 14.9 Å². The lowest BCUT2D eigenvalue weighted by Crippen LogP contribution is -2.49. The van der Waals surface area contributed by atoms with Crippen LogP contribution in [0.1, 0.15) is 22.8 Å². The van der Waals surface area contributed by atoms with Crippen molar-refractivity contribution in [1.29, 1.82) is 0 Å². The predicted octanol–water partition coefficient (Wildman–Crippen LogP) is 2.86. The van der Waals surface area contributed by atoms with E-state index in [1.165, 1.54) is 18.7 Å². The van der Waals surface area contributed by atoms with E-state index in [-0.39, 0.29) is 11.8 Å². The number of anilines is 2. The highest BCUT2D eigenvalue weighted by molar-refractivity contribution is 5.96. The maximum atomic E-state index is 12.9. The molecule has 0 atom stereocenters. The number of hydrogen-bond acceptors (Lipinski definition) is 5. The number of amides is 2. The molecular formula is C22H23N5O2. The van der Waals surface area contributed by atoms with Gasteiger partial charge in [0.1, 0.15) is 11.6 Å². The third-order valence-electron chi connectivity index (χ3n) is 5.11. The van der Waals surface area contributed by atoms with Crippen LogP contribution in [-0.2, 0) is 4.79 Å². The Labute approximate surface area is 169 Å². The summed E-state index contributed by atoms with van der Waals surface area (Å²) in [6.45, 7) is 6.19. The molecule has 2 amide bonds. The number of fused-ring (bicyclic) bond motifs is 1. The Morgan fingerprint density at radius 3 is 2.55 bits per heavy atom. The molecular weight excluding hydrogens is 366 g/mol. The number of pyridine rings is 2. The van der Waals surface area contributed by atoms with E-state index >= 15 is 0 Å². The number of nitrogens with one attached hydrogen (secondary N) is 1. The van der Waals surface area contributed by atoms with Crippen molar-refractivity contribution < 1.29 is 9.59 Å². The highest BCUT2D eigenvalue weighted by Crippen LogP contribution is 2.23. The van der Waals surface area contributed by atoms with Gasteiger partial charge in [-0.05, 0) is 36.8 Å². The lowest BCUT2D eigenvalue weighted by molar-refractivity contribution is -0.114. The van der Waals surface area contributed by atoms with Crippen molar-refractivity contribution in [3.05, 3.63) is 59.8 Å². The van der Waals surface area contributed by atoms with Gasteiger partial charge in [0.15, 0.2) is 0 Å². The average molecular weight is 389 g/mol. The van der Waals surface area contributed by atoms with Crippen molar-refractivity contribution in [2.45, 2.75) is 13.8 Å². The van der Waals surface area contributed by atoms with E-state index in [9.17, 15) is 9.59 Å². The summed E-state index contributed by atoms with van der Waals surface area (Å²) in [4.78, 5) is 37.0. The molecule has 3 heterocycles. The second-order valence-corrected chi connectivity index (χ2v) is 7.20. The molecule has 0 unspecified atom stereocenters. The maximum absolute atomic E-state index is 12.9. The Balaban J connectivity index is 1.46. The van der Waals surface area contributed by atoms with Gasteiger partial charge in [-0.1, -0.05) is 18.2 Å². The van der Waals surface area contributed by atoms with Gasteiger partial charge in [-0.3, -0.25) is 9.59 Å². The van der Waals surface area contributed by atoms with Crippen LogP contribution in [0.4, 0.5) is 11.6 Å². The highest BCUT2D eigenvalue weighted by Gasteiger charge is 2.23. The standard InChI is InChI=1S/C22H23N5O2/c1-15-13-21(25-19-6-4-3-5-18(15)19)26-9-11-27(12-10-26)22(29)17-7-8-23-20(14-17)24-16(2)28/h3-8,13-14H,9-12H2,1-2H3,(H,23,24,28). The van der Waals surface area contributed by atoms with E-state index in [1.807, 2.05) is 23.1 Å². The molecule has 0 bridgehead atoms. The molecule has 3 aromatic rings. The van der Waals surface area contributed by atoms with Crippen LogP contribution in [0.3, 0.4) is 0 Å². The summed E-state index contributed by atoms with van der Waals surface area (Å²) in [5, 5.41) is 3.78. The molecule has 1 aliphatic heterocycles. The zero-order chi connectivity index (χ0) is 20.4. The van der Waals surface area contributed by atoms with Gasteiger partial charge < -0.3 is 15.1 Å². The van der Waals surface area contributed by atoms with Crippen molar-refractivity contribution in [3.8, 4) is 0 Å². The van der Waals surface area contributed by atoms with Crippen molar-refractivity contribution in [3.63, 3.8) is 0 Å². The molecule has 0 aliphatic carbocycles. The fraction of sp³-hybridized carbons (Fsp3) is 0.273. The Morgan fingerprint density at radius 2 is 1.79 bits per heavy atom. The highest BCUT2D eigenvalue weighted by atomic mass is 16.2. The predicted molar refractivity (Wildman–Crippen MR) is 113 cm³/mol. The van der Waals surface area contributed by atoms with Gasteiger partial charge in [-0.15, -0.1) is 0 Å². The van der Waals surface area contributed by atoms with E-state index in [4.69, 9.17) is 4.98 Å². The van der Waals surface area contributed by atoms with Gasteiger partial charge >= 0.3 is 0 Å². The second-order valence-electron chi connectivity index (χ2n) is 7.20. The third-order valence-corrected chi connectivity index (χ3v) is 5.11. The van der Waals surface area contributed by atoms with Crippen molar-refractivity contribution >= 4 is 34.4 Å². The van der Waals surface area contributed by atoms with Crippen LogP contribution in [0.25, 0.3) is 10.9 Å². The largest absolute Gasteiger partial charge is 0.353 e. The number of rotatable bonds is 3. The van der Waals surface area contributed by atoms with E-state index in [0.29, 0.717) is 24.5 Å². The molecule has 2 aromatic heterocycles. The number of carbonyl (C=O) groups excluding carboxylic acids is 2. The smallest absolute Gasteiger partial charge is 0.254 e. The van der Waals surface area contributed by atoms with E-state index in [2.05, 4.69) is 34.3 Å². The topological polar surface area (TPSA) is 78.4 Å². The Bertz CT molecular complexity index is 1070. The van der Waals surface area contributed by atoms with Gasteiger partial charge in [0, 0.05) is 50.2 Å². The zero-order valence-electron chi connectivity index (χ0n) is 16.6. The molecule has 1 fully saturated rings. The summed E-state index contributed by atoms with van der Waals surface area (Å²) in [5.74, 6) is 1.07. The van der Waals surface area contributed by atoms with Crippen LogP contribution in [0.15, 0.2) is 48.7 Å². The molecule has 29 heavy (non-hydrogen) atoms. The first-order valence-electron chi connectivity index (χ1n) is 9.65. The van der Waals surface area contributed by atoms with Crippen molar-refractivity contribution in [2.75, 3.05) is 36.4 Å². The van der Waals surface area contributed by atoms with Crippen LogP contribution in [0.2, 0.25) is 0 Å². The Kier molecular flexibility index (Phi) is 5.12. The summed E-state index contributed by atoms with van der Waals surface area (Å²) in [7, 11) is 0. The van der Waals surface area contributed by atoms with Crippen LogP contribution in [0, 0.1) is 6.92 Å². The average Bonchev–Trinajstić information content (AvgIpc) is 2.73. The number of nitrogens with zero attached hydrogens (tertiary/aromatic N) is 4. The lowest BCUT2D eigenvalue weighted by atomic mass is 10.1. The second kappa shape index (κ2) is 7.87. The molecule has 1 N–H and O–H groups in total. The lowest BCUT2D eigenvalue weighted by Gasteiger charge is -2.35. The number of benzene rings is 1. The number of carbonyl (C=O) groups is 2. The monoisotopic (exact) mass is 389 g/mol. The fourth-order valence-corrected chi connectivity index (χ4v) is 3.63. The van der Waals surface area contributed by atoms with Crippen LogP contribution < -0.4 is 10.2 Å². The number of aryl methyl sites for hydroxylation is 1. The summed E-state index contributed by atoms with van der Waals surface area (Å²) < 4.78 is 0. The molecule has 1 aliphatic rings. The first-order chi connectivity index (χ1) is 14.0. The van der Waals surface area contributed by atoms with Crippen molar-refractivity contribution in [2.24, 2.45) is 0 Å². The maximum Gasteiger partial charge on any atom is 0.254 e. The van der Waals surface area contributed by atoms with E-state index in [1.54, 1.807) is 12.1 Å². The van der Waals surface area contributed by atoms with Gasteiger partial charge in [0.05, 0.1) is 5.52 Å². The summed E-state index contributed by atoms with van der Waals surface area (Å²) >= 11 is 0. The number of hydrogen-bond donors (Lipinski definition) is 1. The van der Waals surface area contributed by atoms with Gasteiger partial charge in [0.2, 0.25) is 5.91 Å². The Morgan fingerprint density at radius 1 is 1.03 bits per heavy atom. The summed E-state index contributed by atoms with van der Waals surface area (Å²) in [5.41, 5.74) is 2.71. The molecule has 1 saturated heterocycles. The van der Waals surface area contributed by atoms with E-state index in [0.717, 1.165) is 29.8 Å². The summed E-state index contributed by atoms with van der Waals surface area (Å²) in [6, 6.07) is 13.5. The normalized spacial score (nSPS) is 14.1. The molecule has 0 saturated carbocycles. The van der Waals surface area contributed by atoms with Gasteiger partial charge in [-0.2, -0.15) is 0 Å². The van der Waals surface area contributed by atoms with Crippen LogP contribution in [0.5, 0.6) is 0 Å². The van der Waals surface area contributed by atoms with Crippen LogP contribution >= 0.6 is 0 Å². The first kappa shape index (κ1) is 18.9. The molecule has 4 rings (SSSR count). The quantitative estimate of drug-likeness (QED) is 0.745. The van der Waals surface area contributed by atoms with Crippen LogP contribution in [-0.4, -0.2) is 52.9 Å². The minimum absolute atomic E-state index is 0.0543. The molecule has 148 valence electrons. The molecule has 7 heteroatoms. The Hall–Kier alpha value is -3.48. The number of piperazine rings is 1. The first-order valence-corrected chi connectivity index (χ1v) is 9.65. The summed E-state index contributed by atoms with van der Waals surface area (Å²) in [6.07, 6.45) is 1.54. The SMILES string of the molecule is CC(=O)Nc1cc(C(=O)N2CCN(c3cc(C)c4ccccc4n3)CC2)ccn1. The molecule has 1 aromatic carbocycles. The molecule has 0 radical (unpaired) electrons.